The minimum absolute atomic E-state index is 0.924. The van der Waals surface area contributed by atoms with E-state index in [-0.39, 0.29) is 0 Å². The van der Waals surface area contributed by atoms with Crippen molar-refractivity contribution in [3.8, 4) is 0 Å². The Morgan fingerprint density at radius 2 is 2.33 bits per heavy atom. The maximum Gasteiger partial charge on any atom is 0.0569 e. The van der Waals surface area contributed by atoms with Gasteiger partial charge in [0.2, 0.25) is 0 Å². The second kappa shape index (κ2) is 3.21. The SMILES string of the molecule is NC1=CC=CN(CC2CCC2)C1. The van der Waals surface area contributed by atoms with Crippen molar-refractivity contribution in [1.82, 2.24) is 4.90 Å². The van der Waals surface area contributed by atoms with Gasteiger partial charge in [0, 0.05) is 12.2 Å². The highest BCUT2D eigenvalue weighted by Crippen LogP contribution is 2.27. The van der Waals surface area contributed by atoms with Crippen molar-refractivity contribution in [2.45, 2.75) is 19.3 Å². The lowest BCUT2D eigenvalue weighted by Gasteiger charge is -2.32. The summed E-state index contributed by atoms with van der Waals surface area (Å²) in [5.74, 6) is 0.931. The van der Waals surface area contributed by atoms with E-state index in [9.17, 15) is 0 Å². The predicted molar refractivity (Wildman–Crippen MR) is 50.3 cm³/mol. The molecule has 0 radical (unpaired) electrons. The van der Waals surface area contributed by atoms with Crippen LogP contribution >= 0.6 is 0 Å². The minimum Gasteiger partial charge on any atom is -0.401 e. The topological polar surface area (TPSA) is 29.3 Å². The molecule has 0 bridgehead atoms. The lowest BCUT2D eigenvalue weighted by atomic mass is 9.85. The Morgan fingerprint density at radius 1 is 1.50 bits per heavy atom. The standard InChI is InChI=1S/C10H16N2/c11-10-5-2-6-12(8-10)7-9-3-1-4-9/h2,5-6,9H,1,3-4,7-8,11H2. The molecule has 1 aliphatic heterocycles. The van der Waals surface area contributed by atoms with Gasteiger partial charge in [0.05, 0.1) is 6.54 Å². The van der Waals surface area contributed by atoms with Crippen LogP contribution in [-0.4, -0.2) is 18.0 Å². The molecule has 0 aromatic rings. The number of allylic oxidation sites excluding steroid dienone is 2. The van der Waals surface area contributed by atoms with Crippen molar-refractivity contribution < 1.29 is 0 Å². The summed E-state index contributed by atoms with van der Waals surface area (Å²) in [4.78, 5) is 2.32. The molecule has 0 saturated heterocycles. The van der Waals surface area contributed by atoms with Crippen LogP contribution in [0, 0.1) is 5.92 Å². The Morgan fingerprint density at radius 3 is 2.92 bits per heavy atom. The van der Waals surface area contributed by atoms with Gasteiger partial charge in [-0.2, -0.15) is 0 Å². The Labute approximate surface area is 73.7 Å². The molecule has 0 amide bonds. The van der Waals surface area contributed by atoms with Gasteiger partial charge < -0.3 is 10.6 Å². The van der Waals surface area contributed by atoms with Crippen molar-refractivity contribution in [3.63, 3.8) is 0 Å². The quantitative estimate of drug-likeness (QED) is 0.669. The molecule has 0 aromatic heterocycles. The maximum absolute atomic E-state index is 5.73. The normalized spacial score (nSPS) is 23.7. The third kappa shape index (κ3) is 1.63. The Balaban J connectivity index is 1.81. The first-order valence-corrected chi connectivity index (χ1v) is 4.71. The molecule has 2 rings (SSSR count). The minimum atomic E-state index is 0.924. The van der Waals surface area contributed by atoms with Gasteiger partial charge in [0.15, 0.2) is 0 Å². The third-order valence-corrected chi connectivity index (χ3v) is 2.71. The molecular weight excluding hydrogens is 148 g/mol. The predicted octanol–water partition coefficient (Wildman–Crippen LogP) is 1.46. The van der Waals surface area contributed by atoms with Crippen molar-refractivity contribution in [2.75, 3.05) is 13.1 Å². The van der Waals surface area contributed by atoms with E-state index in [1.165, 1.54) is 25.8 Å². The zero-order valence-electron chi connectivity index (χ0n) is 7.37. The summed E-state index contributed by atoms with van der Waals surface area (Å²) in [6.07, 6.45) is 10.4. The van der Waals surface area contributed by atoms with Crippen LogP contribution < -0.4 is 5.73 Å². The summed E-state index contributed by atoms with van der Waals surface area (Å²) in [7, 11) is 0. The van der Waals surface area contributed by atoms with Crippen LogP contribution in [0.5, 0.6) is 0 Å². The molecule has 0 unspecified atom stereocenters. The Hall–Kier alpha value is -0.920. The smallest absolute Gasteiger partial charge is 0.0569 e. The van der Waals surface area contributed by atoms with Gasteiger partial charge in [0.25, 0.3) is 0 Å². The fourth-order valence-corrected chi connectivity index (χ4v) is 1.76. The lowest BCUT2D eigenvalue weighted by molar-refractivity contribution is 0.230. The molecule has 2 nitrogen and oxygen atoms in total. The van der Waals surface area contributed by atoms with E-state index in [1.807, 2.05) is 12.2 Å². The summed E-state index contributed by atoms with van der Waals surface area (Å²) in [6, 6.07) is 0. The largest absolute Gasteiger partial charge is 0.401 e. The fourth-order valence-electron chi connectivity index (χ4n) is 1.76. The summed E-state index contributed by atoms with van der Waals surface area (Å²) in [5.41, 5.74) is 6.71. The van der Waals surface area contributed by atoms with Gasteiger partial charge >= 0.3 is 0 Å². The summed E-state index contributed by atoms with van der Waals surface area (Å²) >= 11 is 0. The van der Waals surface area contributed by atoms with Crippen LogP contribution in [0.2, 0.25) is 0 Å². The molecule has 1 saturated carbocycles. The number of hydrogen-bond acceptors (Lipinski definition) is 2. The summed E-state index contributed by atoms with van der Waals surface area (Å²) in [5, 5.41) is 0. The van der Waals surface area contributed by atoms with Crippen LogP contribution in [0.3, 0.4) is 0 Å². The molecule has 2 N–H and O–H groups in total. The van der Waals surface area contributed by atoms with Crippen molar-refractivity contribution in [2.24, 2.45) is 11.7 Å². The molecule has 1 fully saturated rings. The molecule has 1 heterocycles. The zero-order valence-corrected chi connectivity index (χ0v) is 7.37. The van der Waals surface area contributed by atoms with E-state index in [0.29, 0.717) is 0 Å². The van der Waals surface area contributed by atoms with Crippen LogP contribution in [-0.2, 0) is 0 Å². The zero-order chi connectivity index (χ0) is 8.39. The second-order valence-electron chi connectivity index (χ2n) is 3.81. The van der Waals surface area contributed by atoms with Gasteiger partial charge in [-0.05, 0) is 37.1 Å². The van der Waals surface area contributed by atoms with E-state index >= 15 is 0 Å². The summed E-state index contributed by atoms with van der Waals surface area (Å²) in [6.45, 7) is 2.12. The molecule has 0 spiro atoms. The number of nitrogens with two attached hydrogens (primary N) is 1. The molecule has 0 aromatic carbocycles. The highest BCUT2D eigenvalue weighted by Gasteiger charge is 2.19. The molecule has 0 atom stereocenters. The van der Waals surface area contributed by atoms with Crippen LogP contribution in [0.25, 0.3) is 0 Å². The fraction of sp³-hybridized carbons (Fsp3) is 0.600. The lowest BCUT2D eigenvalue weighted by Crippen LogP contribution is -2.32. The molecule has 66 valence electrons. The van der Waals surface area contributed by atoms with Crippen LogP contribution in [0.4, 0.5) is 0 Å². The van der Waals surface area contributed by atoms with E-state index in [0.717, 1.165) is 18.2 Å². The Bertz CT molecular complexity index is 214. The maximum atomic E-state index is 5.73. The van der Waals surface area contributed by atoms with Crippen LogP contribution in [0.15, 0.2) is 24.0 Å². The number of rotatable bonds is 2. The summed E-state index contributed by atoms with van der Waals surface area (Å²) < 4.78 is 0. The Kier molecular flexibility index (Phi) is 2.07. The van der Waals surface area contributed by atoms with Gasteiger partial charge in [-0.1, -0.05) is 6.42 Å². The van der Waals surface area contributed by atoms with Gasteiger partial charge in [-0.15, -0.1) is 0 Å². The van der Waals surface area contributed by atoms with Crippen molar-refractivity contribution >= 4 is 0 Å². The van der Waals surface area contributed by atoms with E-state index in [2.05, 4.69) is 11.1 Å². The van der Waals surface area contributed by atoms with Gasteiger partial charge in [-0.3, -0.25) is 0 Å². The van der Waals surface area contributed by atoms with E-state index in [1.54, 1.807) is 0 Å². The third-order valence-electron chi connectivity index (χ3n) is 2.71. The highest BCUT2D eigenvalue weighted by molar-refractivity contribution is 5.16. The monoisotopic (exact) mass is 164 g/mol. The number of nitrogens with zero attached hydrogens (tertiary/aromatic N) is 1. The number of hydrogen-bond donors (Lipinski definition) is 1. The van der Waals surface area contributed by atoms with E-state index in [4.69, 9.17) is 5.73 Å². The van der Waals surface area contributed by atoms with Crippen molar-refractivity contribution in [3.05, 3.63) is 24.0 Å². The van der Waals surface area contributed by atoms with Crippen molar-refractivity contribution in [1.29, 1.82) is 0 Å². The first kappa shape index (κ1) is 7.71. The van der Waals surface area contributed by atoms with Gasteiger partial charge in [-0.25, -0.2) is 0 Å². The molecule has 2 heteroatoms. The molecule has 2 aliphatic rings. The van der Waals surface area contributed by atoms with Crippen LogP contribution in [0.1, 0.15) is 19.3 Å². The average molecular weight is 164 g/mol. The highest BCUT2D eigenvalue weighted by atomic mass is 15.1. The van der Waals surface area contributed by atoms with E-state index < -0.39 is 0 Å². The second-order valence-corrected chi connectivity index (χ2v) is 3.81. The first-order chi connectivity index (χ1) is 5.84. The first-order valence-electron chi connectivity index (χ1n) is 4.71. The van der Waals surface area contributed by atoms with Gasteiger partial charge in [0.1, 0.15) is 0 Å². The molecule has 1 aliphatic carbocycles. The molecule has 12 heavy (non-hydrogen) atoms. The molecular formula is C10H16N2. The average Bonchev–Trinajstić information content (AvgIpc) is 1.97.